The van der Waals surface area contributed by atoms with E-state index in [0.29, 0.717) is 6.61 Å². The minimum atomic E-state index is 0.0344. The van der Waals surface area contributed by atoms with E-state index in [4.69, 9.17) is 4.74 Å². The summed E-state index contributed by atoms with van der Waals surface area (Å²) in [5.74, 6) is 0. The van der Waals surface area contributed by atoms with Crippen molar-refractivity contribution in [3.8, 4) is 22.5 Å². The fraction of sp³-hybridized carbons (Fsp3) is 0.300. The largest absolute Gasteiger partial charge is 0.373 e. The van der Waals surface area contributed by atoms with Gasteiger partial charge >= 0.3 is 0 Å². The van der Waals surface area contributed by atoms with E-state index < -0.39 is 0 Å². The Balaban J connectivity index is 0.000000815. The monoisotopic (exact) mass is 321 g/mol. The van der Waals surface area contributed by atoms with Gasteiger partial charge in [0.05, 0.1) is 6.10 Å². The molecule has 1 unspecified atom stereocenters. The van der Waals surface area contributed by atoms with Gasteiger partial charge < -0.3 is 4.74 Å². The number of aromatic amines is 1. The van der Waals surface area contributed by atoms with Gasteiger partial charge in [0.25, 0.3) is 0 Å². The van der Waals surface area contributed by atoms with Gasteiger partial charge in [-0.2, -0.15) is 15.4 Å². The maximum atomic E-state index is 6.03. The number of nitrogens with zero attached hydrogens (tertiary/aromatic N) is 2. The van der Waals surface area contributed by atoms with Gasteiger partial charge in [-0.05, 0) is 18.1 Å². The van der Waals surface area contributed by atoms with Crippen LogP contribution in [0.1, 0.15) is 38.0 Å². The lowest BCUT2D eigenvalue weighted by Crippen LogP contribution is -2.12. The number of nitrogens with one attached hydrogen (secondary N) is 1. The summed E-state index contributed by atoms with van der Waals surface area (Å²) in [6, 6.07) is 16.7. The molecule has 2 aromatic carbocycles. The number of fused-ring (bicyclic) bond motifs is 5. The van der Waals surface area contributed by atoms with Gasteiger partial charge in [0, 0.05) is 24.2 Å². The average molecular weight is 321 g/mol. The summed E-state index contributed by atoms with van der Waals surface area (Å²) >= 11 is 0. The molecule has 24 heavy (non-hydrogen) atoms. The van der Waals surface area contributed by atoms with E-state index in [9.17, 15) is 0 Å². The minimum Gasteiger partial charge on any atom is -0.373 e. The van der Waals surface area contributed by atoms with E-state index in [2.05, 4.69) is 51.8 Å². The Bertz CT molecular complexity index is 810. The SMILES string of the molecule is CC.CCOC1Cc2ccccc2-c2n[nH]nc2-c2ccccc21. The zero-order chi connectivity index (χ0) is 16.9. The third kappa shape index (κ3) is 2.85. The summed E-state index contributed by atoms with van der Waals surface area (Å²) in [6.45, 7) is 6.72. The Labute approximate surface area is 142 Å². The number of hydrogen-bond donors (Lipinski definition) is 1. The Hall–Kier alpha value is -2.46. The molecule has 1 aromatic heterocycles. The summed E-state index contributed by atoms with van der Waals surface area (Å²) in [6.07, 6.45) is 0.875. The van der Waals surface area contributed by atoms with Crippen molar-refractivity contribution < 1.29 is 4.74 Å². The second kappa shape index (κ2) is 7.41. The van der Waals surface area contributed by atoms with Crippen LogP contribution in [0.15, 0.2) is 48.5 Å². The number of hydrogen-bond acceptors (Lipinski definition) is 3. The summed E-state index contributed by atoms with van der Waals surface area (Å²) in [5, 5.41) is 11.6. The summed E-state index contributed by atoms with van der Waals surface area (Å²) in [5.41, 5.74) is 6.45. The minimum absolute atomic E-state index is 0.0344. The van der Waals surface area contributed by atoms with Crippen LogP contribution in [-0.4, -0.2) is 22.0 Å². The molecule has 0 saturated carbocycles. The van der Waals surface area contributed by atoms with Gasteiger partial charge in [0.1, 0.15) is 11.4 Å². The molecule has 0 spiro atoms. The van der Waals surface area contributed by atoms with E-state index in [1.165, 1.54) is 11.1 Å². The molecule has 0 amide bonds. The molecule has 3 aromatic rings. The highest BCUT2D eigenvalue weighted by atomic mass is 16.5. The second-order valence-corrected chi connectivity index (χ2v) is 5.41. The quantitative estimate of drug-likeness (QED) is 0.737. The molecule has 0 aliphatic heterocycles. The van der Waals surface area contributed by atoms with Crippen LogP contribution in [0, 0.1) is 0 Å². The van der Waals surface area contributed by atoms with Crippen LogP contribution >= 0.6 is 0 Å². The van der Waals surface area contributed by atoms with Crippen LogP contribution in [0.2, 0.25) is 0 Å². The molecule has 1 atom stereocenters. The molecule has 4 nitrogen and oxygen atoms in total. The number of rotatable bonds is 2. The van der Waals surface area contributed by atoms with E-state index in [0.717, 1.165) is 28.9 Å². The fourth-order valence-corrected chi connectivity index (χ4v) is 3.19. The Morgan fingerprint density at radius 1 is 0.958 bits per heavy atom. The predicted molar refractivity (Wildman–Crippen MR) is 96.7 cm³/mol. The lowest BCUT2D eigenvalue weighted by atomic mass is 9.88. The highest BCUT2D eigenvalue weighted by Crippen LogP contribution is 2.40. The van der Waals surface area contributed by atoms with Crippen molar-refractivity contribution >= 4 is 0 Å². The molecule has 1 heterocycles. The van der Waals surface area contributed by atoms with Crippen molar-refractivity contribution in [3.05, 3.63) is 59.7 Å². The molecule has 4 heteroatoms. The molecule has 124 valence electrons. The van der Waals surface area contributed by atoms with E-state index in [1.807, 2.05) is 32.9 Å². The van der Waals surface area contributed by atoms with Crippen LogP contribution in [0.5, 0.6) is 0 Å². The van der Waals surface area contributed by atoms with Crippen LogP contribution < -0.4 is 0 Å². The van der Waals surface area contributed by atoms with E-state index >= 15 is 0 Å². The third-order valence-corrected chi connectivity index (χ3v) is 4.16. The number of aromatic nitrogens is 3. The highest BCUT2D eigenvalue weighted by Gasteiger charge is 2.26. The molecule has 0 bridgehead atoms. The van der Waals surface area contributed by atoms with E-state index in [-0.39, 0.29) is 6.10 Å². The second-order valence-electron chi connectivity index (χ2n) is 5.41. The third-order valence-electron chi connectivity index (χ3n) is 4.16. The molecule has 1 N–H and O–H groups in total. The van der Waals surface area contributed by atoms with Gasteiger partial charge in [0.2, 0.25) is 0 Å². The number of H-pyrrole nitrogens is 1. The molecule has 1 aliphatic rings. The Morgan fingerprint density at radius 3 is 2.33 bits per heavy atom. The highest BCUT2D eigenvalue weighted by molar-refractivity contribution is 5.81. The van der Waals surface area contributed by atoms with Crippen LogP contribution in [0.4, 0.5) is 0 Å². The first kappa shape index (κ1) is 16.4. The standard InChI is InChI=1S/C18H17N3O.C2H6/c1-2-22-16-11-12-7-3-4-8-13(12)17-18(20-21-19-17)15-10-6-5-9-14(15)16;1-2/h3-10,16H,2,11H2,1H3,(H,19,20,21);1-2H3. The average Bonchev–Trinajstić information content (AvgIpc) is 3.11. The maximum absolute atomic E-state index is 6.03. The molecule has 0 radical (unpaired) electrons. The first-order valence-corrected chi connectivity index (χ1v) is 8.58. The first-order chi connectivity index (χ1) is 11.9. The van der Waals surface area contributed by atoms with Gasteiger partial charge in [-0.15, -0.1) is 0 Å². The van der Waals surface area contributed by atoms with Crippen molar-refractivity contribution in [3.63, 3.8) is 0 Å². The lowest BCUT2D eigenvalue weighted by molar-refractivity contribution is 0.0632. The summed E-state index contributed by atoms with van der Waals surface area (Å²) < 4.78 is 6.03. The van der Waals surface area contributed by atoms with Crippen LogP contribution in [0.25, 0.3) is 22.5 Å². The van der Waals surface area contributed by atoms with Crippen molar-refractivity contribution in [2.24, 2.45) is 0 Å². The number of ether oxygens (including phenoxy) is 1. The normalized spacial score (nSPS) is 15.0. The fourth-order valence-electron chi connectivity index (χ4n) is 3.19. The topological polar surface area (TPSA) is 50.8 Å². The van der Waals surface area contributed by atoms with Crippen molar-refractivity contribution in [1.82, 2.24) is 15.4 Å². The zero-order valence-electron chi connectivity index (χ0n) is 14.4. The molecule has 0 fully saturated rings. The maximum Gasteiger partial charge on any atom is 0.121 e. The van der Waals surface area contributed by atoms with Crippen LogP contribution in [-0.2, 0) is 11.2 Å². The van der Waals surface area contributed by atoms with Crippen LogP contribution in [0.3, 0.4) is 0 Å². The van der Waals surface area contributed by atoms with Crippen molar-refractivity contribution in [2.45, 2.75) is 33.3 Å². The Morgan fingerprint density at radius 2 is 1.58 bits per heavy atom. The Kier molecular flexibility index (Phi) is 5.06. The summed E-state index contributed by atoms with van der Waals surface area (Å²) in [7, 11) is 0. The first-order valence-electron chi connectivity index (χ1n) is 8.58. The summed E-state index contributed by atoms with van der Waals surface area (Å²) in [4.78, 5) is 0. The molecule has 1 aliphatic carbocycles. The van der Waals surface area contributed by atoms with Gasteiger partial charge in [-0.25, -0.2) is 0 Å². The van der Waals surface area contributed by atoms with Gasteiger partial charge in [-0.1, -0.05) is 62.4 Å². The van der Waals surface area contributed by atoms with Crippen molar-refractivity contribution in [2.75, 3.05) is 6.61 Å². The van der Waals surface area contributed by atoms with Gasteiger partial charge in [0.15, 0.2) is 0 Å². The molecular formula is C20H23N3O. The van der Waals surface area contributed by atoms with Crippen molar-refractivity contribution in [1.29, 1.82) is 0 Å². The predicted octanol–water partition coefficient (Wildman–Crippen LogP) is 4.80. The van der Waals surface area contributed by atoms with E-state index in [1.54, 1.807) is 0 Å². The zero-order valence-corrected chi connectivity index (χ0v) is 14.4. The molecule has 0 saturated heterocycles. The molecular weight excluding hydrogens is 298 g/mol. The molecule has 4 rings (SSSR count). The smallest absolute Gasteiger partial charge is 0.121 e. The number of benzene rings is 2. The van der Waals surface area contributed by atoms with Gasteiger partial charge in [-0.3, -0.25) is 0 Å². The lowest BCUT2D eigenvalue weighted by Gasteiger charge is -2.24.